The van der Waals surface area contributed by atoms with Crippen LogP contribution in [0.1, 0.15) is 32.8 Å². The summed E-state index contributed by atoms with van der Waals surface area (Å²) in [5, 5.41) is 3.41. The van der Waals surface area contributed by atoms with Gasteiger partial charge in [0.1, 0.15) is 0 Å². The molecule has 0 aliphatic rings. The Bertz CT molecular complexity index is 396. The summed E-state index contributed by atoms with van der Waals surface area (Å²) < 4.78 is 10.6. The minimum atomic E-state index is 0.269. The van der Waals surface area contributed by atoms with Gasteiger partial charge in [0.2, 0.25) is 0 Å². The van der Waals surface area contributed by atoms with Gasteiger partial charge in [-0.25, -0.2) is 0 Å². The summed E-state index contributed by atoms with van der Waals surface area (Å²) in [4.78, 5) is 0. The van der Waals surface area contributed by atoms with Crippen molar-refractivity contribution in [3.8, 4) is 11.5 Å². The average Bonchev–Trinajstić information content (AvgIpc) is 2.37. The van der Waals surface area contributed by atoms with Crippen molar-refractivity contribution >= 4 is 0 Å². The Labute approximate surface area is 117 Å². The zero-order valence-electron chi connectivity index (χ0n) is 13.0. The second kappa shape index (κ2) is 6.80. The molecule has 0 amide bonds. The van der Waals surface area contributed by atoms with Gasteiger partial charge in [-0.3, -0.25) is 0 Å². The largest absolute Gasteiger partial charge is 0.493 e. The van der Waals surface area contributed by atoms with Gasteiger partial charge in [-0.1, -0.05) is 26.8 Å². The lowest BCUT2D eigenvalue weighted by Gasteiger charge is -2.30. The second-order valence-corrected chi connectivity index (χ2v) is 5.94. The quantitative estimate of drug-likeness (QED) is 0.856. The lowest BCUT2D eigenvalue weighted by Crippen LogP contribution is -2.38. The van der Waals surface area contributed by atoms with Crippen molar-refractivity contribution in [3.05, 3.63) is 23.8 Å². The van der Waals surface area contributed by atoms with Crippen LogP contribution in [0.3, 0.4) is 0 Å². The summed E-state index contributed by atoms with van der Waals surface area (Å²) >= 11 is 0. The molecule has 0 saturated carbocycles. The predicted octanol–water partition coefficient (Wildman–Crippen LogP) is 3.27. The SMILES string of the molecule is CNC(CCc1ccc(OC)c(OC)c1)C(C)(C)C. The van der Waals surface area contributed by atoms with Crippen molar-refractivity contribution < 1.29 is 9.47 Å². The Kier molecular flexibility index (Phi) is 5.67. The van der Waals surface area contributed by atoms with Gasteiger partial charge in [0, 0.05) is 6.04 Å². The average molecular weight is 265 g/mol. The molecule has 0 bridgehead atoms. The van der Waals surface area contributed by atoms with Gasteiger partial charge in [0.05, 0.1) is 14.2 Å². The molecule has 0 saturated heterocycles. The van der Waals surface area contributed by atoms with E-state index in [0.717, 1.165) is 24.3 Å². The van der Waals surface area contributed by atoms with Gasteiger partial charge in [0.25, 0.3) is 0 Å². The highest BCUT2D eigenvalue weighted by atomic mass is 16.5. The third-order valence-corrected chi connectivity index (χ3v) is 3.56. The molecule has 1 atom stereocenters. The maximum atomic E-state index is 5.34. The van der Waals surface area contributed by atoms with E-state index in [2.05, 4.69) is 38.2 Å². The molecule has 0 spiro atoms. The van der Waals surface area contributed by atoms with E-state index in [9.17, 15) is 0 Å². The van der Waals surface area contributed by atoms with Gasteiger partial charge < -0.3 is 14.8 Å². The summed E-state index contributed by atoms with van der Waals surface area (Å²) in [6, 6.07) is 6.64. The first kappa shape index (κ1) is 15.8. The molecule has 3 nitrogen and oxygen atoms in total. The van der Waals surface area contributed by atoms with E-state index in [1.807, 2.05) is 13.1 Å². The molecular weight excluding hydrogens is 238 g/mol. The smallest absolute Gasteiger partial charge is 0.160 e. The first-order valence-corrected chi connectivity index (χ1v) is 6.80. The van der Waals surface area contributed by atoms with Crippen LogP contribution in [0.2, 0.25) is 0 Å². The summed E-state index contributed by atoms with van der Waals surface area (Å²) in [5.74, 6) is 1.59. The van der Waals surface area contributed by atoms with Crippen LogP contribution >= 0.6 is 0 Å². The number of hydrogen-bond acceptors (Lipinski definition) is 3. The molecule has 0 heterocycles. The molecule has 19 heavy (non-hydrogen) atoms. The van der Waals surface area contributed by atoms with Crippen molar-refractivity contribution in [1.29, 1.82) is 0 Å². The Morgan fingerprint density at radius 2 is 1.74 bits per heavy atom. The molecule has 1 rings (SSSR count). The summed E-state index contributed by atoms with van der Waals surface area (Å²) in [6.07, 6.45) is 2.14. The summed E-state index contributed by atoms with van der Waals surface area (Å²) in [5.41, 5.74) is 1.55. The molecule has 1 aromatic carbocycles. The number of benzene rings is 1. The lowest BCUT2D eigenvalue weighted by atomic mass is 9.83. The van der Waals surface area contributed by atoms with Crippen molar-refractivity contribution in [1.82, 2.24) is 5.32 Å². The molecule has 0 aromatic heterocycles. The molecule has 108 valence electrons. The zero-order chi connectivity index (χ0) is 14.5. The van der Waals surface area contributed by atoms with Crippen LogP contribution in [0.4, 0.5) is 0 Å². The monoisotopic (exact) mass is 265 g/mol. The predicted molar refractivity (Wildman–Crippen MR) is 80.2 cm³/mol. The third-order valence-electron chi connectivity index (χ3n) is 3.56. The Hall–Kier alpha value is -1.22. The maximum absolute atomic E-state index is 5.34. The van der Waals surface area contributed by atoms with Crippen molar-refractivity contribution in [2.45, 2.75) is 39.7 Å². The van der Waals surface area contributed by atoms with Gasteiger partial charge in [0.15, 0.2) is 11.5 Å². The maximum Gasteiger partial charge on any atom is 0.160 e. The Balaban J connectivity index is 2.72. The molecule has 0 radical (unpaired) electrons. The van der Waals surface area contributed by atoms with Gasteiger partial charge >= 0.3 is 0 Å². The van der Waals surface area contributed by atoms with E-state index in [4.69, 9.17) is 9.47 Å². The Morgan fingerprint density at radius 3 is 2.21 bits per heavy atom. The molecule has 1 N–H and O–H groups in total. The van der Waals surface area contributed by atoms with Gasteiger partial charge in [-0.05, 0) is 43.0 Å². The number of aryl methyl sites for hydroxylation is 1. The zero-order valence-corrected chi connectivity index (χ0v) is 13.0. The molecule has 3 heteroatoms. The van der Waals surface area contributed by atoms with Gasteiger partial charge in [-0.2, -0.15) is 0 Å². The van der Waals surface area contributed by atoms with Crippen molar-refractivity contribution in [3.63, 3.8) is 0 Å². The first-order valence-electron chi connectivity index (χ1n) is 6.80. The number of nitrogens with one attached hydrogen (secondary N) is 1. The van der Waals surface area contributed by atoms with Crippen LogP contribution in [0.15, 0.2) is 18.2 Å². The fourth-order valence-corrected chi connectivity index (χ4v) is 2.36. The number of ether oxygens (including phenoxy) is 2. The molecule has 0 aliphatic heterocycles. The minimum absolute atomic E-state index is 0.269. The molecule has 0 aliphatic carbocycles. The normalized spacial score (nSPS) is 13.2. The van der Waals surface area contributed by atoms with E-state index in [1.165, 1.54) is 5.56 Å². The number of rotatable bonds is 6. The first-order chi connectivity index (χ1) is 8.92. The van der Waals surface area contributed by atoms with Crippen LogP contribution in [0.25, 0.3) is 0 Å². The second-order valence-electron chi connectivity index (χ2n) is 5.94. The van der Waals surface area contributed by atoms with E-state index < -0.39 is 0 Å². The van der Waals surface area contributed by atoms with Crippen LogP contribution in [0.5, 0.6) is 11.5 Å². The van der Waals surface area contributed by atoms with E-state index >= 15 is 0 Å². The summed E-state index contributed by atoms with van der Waals surface area (Å²) in [6.45, 7) is 6.80. The van der Waals surface area contributed by atoms with Crippen LogP contribution < -0.4 is 14.8 Å². The highest BCUT2D eigenvalue weighted by Gasteiger charge is 2.22. The van der Waals surface area contributed by atoms with E-state index in [1.54, 1.807) is 14.2 Å². The fourth-order valence-electron chi connectivity index (χ4n) is 2.36. The lowest BCUT2D eigenvalue weighted by molar-refractivity contribution is 0.268. The Morgan fingerprint density at radius 1 is 1.11 bits per heavy atom. The standard InChI is InChI=1S/C16H27NO2/c1-16(2,3)15(17-4)10-8-12-7-9-13(18-5)14(11-12)19-6/h7,9,11,15,17H,8,10H2,1-6H3. The van der Waals surface area contributed by atoms with Crippen LogP contribution in [0, 0.1) is 5.41 Å². The third kappa shape index (κ3) is 4.43. The highest BCUT2D eigenvalue weighted by molar-refractivity contribution is 5.42. The molecular formula is C16H27NO2. The van der Waals surface area contributed by atoms with Crippen molar-refractivity contribution in [2.75, 3.05) is 21.3 Å². The van der Waals surface area contributed by atoms with E-state index in [-0.39, 0.29) is 5.41 Å². The molecule has 0 fully saturated rings. The number of methoxy groups -OCH3 is 2. The summed E-state index contributed by atoms with van der Waals surface area (Å²) in [7, 11) is 5.37. The molecule has 1 unspecified atom stereocenters. The molecule has 1 aromatic rings. The highest BCUT2D eigenvalue weighted by Crippen LogP contribution is 2.29. The number of hydrogen-bond donors (Lipinski definition) is 1. The van der Waals surface area contributed by atoms with Gasteiger partial charge in [-0.15, -0.1) is 0 Å². The minimum Gasteiger partial charge on any atom is -0.493 e. The van der Waals surface area contributed by atoms with E-state index in [0.29, 0.717) is 6.04 Å². The fraction of sp³-hybridized carbons (Fsp3) is 0.625. The van der Waals surface area contributed by atoms with Crippen molar-refractivity contribution in [2.24, 2.45) is 5.41 Å². The van der Waals surface area contributed by atoms with Crippen LogP contribution in [-0.4, -0.2) is 27.3 Å². The topological polar surface area (TPSA) is 30.5 Å². The van der Waals surface area contributed by atoms with Crippen LogP contribution in [-0.2, 0) is 6.42 Å².